The molecule has 0 radical (unpaired) electrons. The average molecular weight is 315 g/mol. The Hall–Kier alpha value is -2.26. The van der Waals surface area contributed by atoms with Crippen molar-refractivity contribution in [2.75, 3.05) is 6.61 Å². The van der Waals surface area contributed by atoms with Crippen molar-refractivity contribution in [3.63, 3.8) is 0 Å². The summed E-state index contributed by atoms with van der Waals surface area (Å²) >= 11 is 5.91. The summed E-state index contributed by atoms with van der Waals surface area (Å²) in [7, 11) is 0. The Morgan fingerprint density at radius 1 is 1.14 bits per heavy atom. The van der Waals surface area contributed by atoms with Crippen molar-refractivity contribution in [3.8, 4) is 16.9 Å². The average Bonchev–Trinajstić information content (AvgIpc) is 2.50. The van der Waals surface area contributed by atoms with E-state index in [2.05, 4.69) is 0 Å². The van der Waals surface area contributed by atoms with Crippen LogP contribution in [0.5, 0.6) is 5.75 Å². The van der Waals surface area contributed by atoms with Crippen LogP contribution in [-0.4, -0.2) is 6.61 Å². The number of ether oxygens (including phenoxy) is 1. The minimum atomic E-state index is -0.350. The maximum Gasteiger partial charge on any atom is 0.344 e. The third kappa shape index (κ3) is 2.60. The van der Waals surface area contributed by atoms with E-state index in [-0.39, 0.29) is 5.63 Å². The molecule has 3 nitrogen and oxygen atoms in total. The number of fused-ring (bicyclic) bond motifs is 1. The van der Waals surface area contributed by atoms with E-state index in [1.165, 1.54) is 0 Å². The molecule has 0 aliphatic heterocycles. The van der Waals surface area contributed by atoms with Crippen molar-refractivity contribution in [1.29, 1.82) is 0 Å². The first-order valence-corrected chi connectivity index (χ1v) is 7.44. The van der Waals surface area contributed by atoms with E-state index in [0.29, 0.717) is 22.8 Å². The lowest BCUT2D eigenvalue weighted by Gasteiger charge is -2.10. The number of rotatable bonds is 3. The van der Waals surface area contributed by atoms with Gasteiger partial charge in [-0.1, -0.05) is 23.7 Å². The molecule has 0 amide bonds. The maximum atomic E-state index is 12.3. The SMILES string of the molecule is CCOc1ccc2oc(=O)c(-c3ccc(Cl)cc3)c(C)c2c1. The predicted octanol–water partition coefficient (Wildman–Crippen LogP) is 4.82. The molecule has 1 aromatic heterocycles. The minimum Gasteiger partial charge on any atom is -0.494 e. The molecule has 22 heavy (non-hydrogen) atoms. The molecule has 3 rings (SSSR count). The summed E-state index contributed by atoms with van der Waals surface area (Å²) in [6.45, 7) is 4.44. The van der Waals surface area contributed by atoms with E-state index in [1.54, 1.807) is 24.3 Å². The highest BCUT2D eigenvalue weighted by Gasteiger charge is 2.14. The molecule has 0 aliphatic rings. The summed E-state index contributed by atoms with van der Waals surface area (Å²) in [5, 5.41) is 1.50. The van der Waals surface area contributed by atoms with Gasteiger partial charge in [-0.15, -0.1) is 0 Å². The first kappa shape index (κ1) is 14.7. The van der Waals surface area contributed by atoms with Crippen LogP contribution in [0.2, 0.25) is 5.02 Å². The Balaban J connectivity index is 2.26. The van der Waals surface area contributed by atoms with Gasteiger partial charge in [0.1, 0.15) is 11.3 Å². The summed E-state index contributed by atoms with van der Waals surface area (Å²) < 4.78 is 11.0. The molecule has 0 spiro atoms. The zero-order valence-electron chi connectivity index (χ0n) is 12.4. The highest BCUT2D eigenvalue weighted by atomic mass is 35.5. The van der Waals surface area contributed by atoms with Gasteiger partial charge in [-0.3, -0.25) is 0 Å². The van der Waals surface area contributed by atoms with Crippen molar-refractivity contribution in [2.45, 2.75) is 13.8 Å². The van der Waals surface area contributed by atoms with E-state index in [0.717, 1.165) is 22.3 Å². The molecule has 0 saturated heterocycles. The monoisotopic (exact) mass is 314 g/mol. The van der Waals surface area contributed by atoms with Crippen LogP contribution in [0.4, 0.5) is 0 Å². The summed E-state index contributed by atoms with van der Waals surface area (Å²) in [6.07, 6.45) is 0. The molecular weight excluding hydrogens is 300 g/mol. The second kappa shape index (κ2) is 5.85. The van der Waals surface area contributed by atoms with Gasteiger partial charge in [0, 0.05) is 10.4 Å². The normalized spacial score (nSPS) is 10.9. The number of benzene rings is 2. The lowest BCUT2D eigenvalue weighted by Crippen LogP contribution is -2.06. The first-order chi connectivity index (χ1) is 10.6. The molecule has 112 valence electrons. The van der Waals surface area contributed by atoms with Gasteiger partial charge in [-0.2, -0.15) is 0 Å². The fourth-order valence-corrected chi connectivity index (χ4v) is 2.66. The molecular formula is C18H15ClO3. The Morgan fingerprint density at radius 2 is 1.86 bits per heavy atom. The van der Waals surface area contributed by atoms with Crippen molar-refractivity contribution in [3.05, 3.63) is 63.5 Å². The van der Waals surface area contributed by atoms with Gasteiger partial charge in [-0.25, -0.2) is 4.79 Å². The lowest BCUT2D eigenvalue weighted by molar-refractivity contribution is 0.340. The molecule has 0 aliphatic carbocycles. The molecule has 2 aromatic carbocycles. The highest BCUT2D eigenvalue weighted by molar-refractivity contribution is 6.30. The first-order valence-electron chi connectivity index (χ1n) is 7.06. The van der Waals surface area contributed by atoms with Crippen LogP contribution in [-0.2, 0) is 0 Å². The van der Waals surface area contributed by atoms with Crippen LogP contribution in [0.3, 0.4) is 0 Å². The largest absolute Gasteiger partial charge is 0.494 e. The van der Waals surface area contributed by atoms with Gasteiger partial charge in [0.05, 0.1) is 12.2 Å². The highest BCUT2D eigenvalue weighted by Crippen LogP contribution is 2.29. The van der Waals surface area contributed by atoms with E-state index in [9.17, 15) is 4.79 Å². The summed E-state index contributed by atoms with van der Waals surface area (Å²) in [6, 6.07) is 12.6. The number of hydrogen-bond acceptors (Lipinski definition) is 3. The van der Waals surface area contributed by atoms with Crippen molar-refractivity contribution < 1.29 is 9.15 Å². The zero-order chi connectivity index (χ0) is 15.7. The van der Waals surface area contributed by atoms with Gasteiger partial charge in [0.2, 0.25) is 0 Å². The summed E-state index contributed by atoms with van der Waals surface area (Å²) in [5.41, 5.74) is 2.42. The smallest absolute Gasteiger partial charge is 0.344 e. The van der Waals surface area contributed by atoms with Gasteiger partial charge in [0.15, 0.2) is 0 Å². The summed E-state index contributed by atoms with van der Waals surface area (Å²) in [5.74, 6) is 0.758. The number of hydrogen-bond donors (Lipinski definition) is 0. The Labute approximate surface area is 133 Å². The maximum absolute atomic E-state index is 12.3. The predicted molar refractivity (Wildman–Crippen MR) is 88.8 cm³/mol. The molecule has 3 aromatic rings. The molecule has 0 atom stereocenters. The number of halogens is 1. The van der Waals surface area contributed by atoms with Crippen LogP contribution in [0.15, 0.2) is 51.7 Å². The third-order valence-electron chi connectivity index (χ3n) is 3.58. The summed E-state index contributed by atoms with van der Waals surface area (Å²) in [4.78, 5) is 12.3. The second-order valence-electron chi connectivity index (χ2n) is 4.99. The van der Waals surface area contributed by atoms with Crippen LogP contribution in [0.1, 0.15) is 12.5 Å². The third-order valence-corrected chi connectivity index (χ3v) is 3.83. The van der Waals surface area contributed by atoms with Gasteiger partial charge >= 0.3 is 5.63 Å². The van der Waals surface area contributed by atoms with Crippen molar-refractivity contribution in [2.24, 2.45) is 0 Å². The van der Waals surface area contributed by atoms with Crippen molar-refractivity contribution >= 4 is 22.6 Å². The van der Waals surface area contributed by atoms with E-state index in [1.807, 2.05) is 32.0 Å². The quantitative estimate of drug-likeness (QED) is 0.651. The lowest BCUT2D eigenvalue weighted by atomic mass is 9.99. The fourth-order valence-electron chi connectivity index (χ4n) is 2.54. The molecule has 0 fully saturated rings. The van der Waals surface area contributed by atoms with Gasteiger partial charge < -0.3 is 9.15 Å². The Bertz CT molecular complexity index is 879. The molecule has 1 heterocycles. The van der Waals surface area contributed by atoms with Crippen molar-refractivity contribution in [1.82, 2.24) is 0 Å². The second-order valence-corrected chi connectivity index (χ2v) is 5.42. The van der Waals surface area contributed by atoms with Gasteiger partial charge in [0.25, 0.3) is 0 Å². The van der Waals surface area contributed by atoms with E-state index in [4.69, 9.17) is 20.8 Å². The fraction of sp³-hybridized carbons (Fsp3) is 0.167. The molecule has 0 unspecified atom stereocenters. The number of aryl methyl sites for hydroxylation is 1. The Kier molecular flexibility index (Phi) is 3.90. The van der Waals surface area contributed by atoms with E-state index >= 15 is 0 Å². The van der Waals surface area contributed by atoms with Gasteiger partial charge in [-0.05, 0) is 55.3 Å². The molecule has 0 bridgehead atoms. The van der Waals surface area contributed by atoms with Crippen LogP contribution in [0, 0.1) is 6.92 Å². The van der Waals surface area contributed by atoms with Crippen LogP contribution < -0.4 is 10.4 Å². The van der Waals surface area contributed by atoms with Crippen LogP contribution >= 0.6 is 11.6 Å². The standard InChI is InChI=1S/C18H15ClO3/c1-3-21-14-8-9-16-15(10-14)11(2)17(18(20)22-16)12-4-6-13(19)7-5-12/h4-10H,3H2,1-2H3. The molecule has 4 heteroatoms. The molecule has 0 saturated carbocycles. The Morgan fingerprint density at radius 3 is 2.55 bits per heavy atom. The van der Waals surface area contributed by atoms with Crippen LogP contribution in [0.25, 0.3) is 22.1 Å². The molecule has 0 N–H and O–H groups in total. The topological polar surface area (TPSA) is 39.4 Å². The minimum absolute atomic E-state index is 0.350. The van der Waals surface area contributed by atoms with E-state index < -0.39 is 0 Å². The zero-order valence-corrected chi connectivity index (χ0v) is 13.1.